The summed E-state index contributed by atoms with van der Waals surface area (Å²) in [6, 6.07) is 10.1. The van der Waals surface area contributed by atoms with Gasteiger partial charge in [0.1, 0.15) is 6.26 Å². The minimum absolute atomic E-state index is 0.779. The van der Waals surface area contributed by atoms with Gasteiger partial charge in [-0.15, -0.1) is 0 Å². The SMILES string of the molecule is [O]C=CC=CCc1ccccc1. The van der Waals surface area contributed by atoms with E-state index in [0.717, 1.165) is 12.7 Å². The Kier molecular flexibility index (Phi) is 3.72. The van der Waals surface area contributed by atoms with Gasteiger partial charge in [0.2, 0.25) is 0 Å². The smallest absolute Gasteiger partial charge is 0.142 e. The van der Waals surface area contributed by atoms with E-state index < -0.39 is 0 Å². The molecule has 12 heavy (non-hydrogen) atoms. The first kappa shape index (κ1) is 8.60. The molecule has 0 aliphatic carbocycles. The third-order valence-corrected chi connectivity index (χ3v) is 1.52. The highest BCUT2D eigenvalue weighted by molar-refractivity contribution is 5.18. The summed E-state index contributed by atoms with van der Waals surface area (Å²) in [7, 11) is 0. The molecule has 0 saturated carbocycles. The predicted octanol–water partition coefficient (Wildman–Crippen LogP) is 2.73. The first-order valence-electron chi connectivity index (χ1n) is 3.91. The van der Waals surface area contributed by atoms with Crippen LogP contribution in [0.25, 0.3) is 0 Å². The van der Waals surface area contributed by atoms with Crippen LogP contribution in [0.4, 0.5) is 0 Å². The summed E-state index contributed by atoms with van der Waals surface area (Å²) in [5.41, 5.74) is 1.26. The van der Waals surface area contributed by atoms with Gasteiger partial charge in [-0.2, -0.15) is 0 Å². The zero-order valence-electron chi connectivity index (χ0n) is 6.81. The Balaban J connectivity index is 2.43. The molecule has 0 atom stereocenters. The predicted molar refractivity (Wildman–Crippen MR) is 49.1 cm³/mol. The lowest BCUT2D eigenvalue weighted by molar-refractivity contribution is 0.352. The minimum atomic E-state index is 0.779. The van der Waals surface area contributed by atoms with Crippen LogP contribution in [-0.2, 0) is 11.5 Å². The molecule has 0 bridgehead atoms. The second-order valence-corrected chi connectivity index (χ2v) is 2.45. The molecular formula is C11H11O. The lowest BCUT2D eigenvalue weighted by atomic mass is 10.1. The summed E-state index contributed by atoms with van der Waals surface area (Å²) in [6.45, 7) is 0. The van der Waals surface area contributed by atoms with Crippen LogP contribution in [0.1, 0.15) is 5.56 Å². The van der Waals surface area contributed by atoms with Gasteiger partial charge in [-0.05, 0) is 18.1 Å². The average molecular weight is 159 g/mol. The second-order valence-electron chi connectivity index (χ2n) is 2.45. The molecule has 0 spiro atoms. The van der Waals surface area contributed by atoms with E-state index >= 15 is 0 Å². The zero-order chi connectivity index (χ0) is 8.65. The minimum Gasteiger partial charge on any atom is -0.299 e. The summed E-state index contributed by atoms with van der Waals surface area (Å²) in [4.78, 5) is 0. The van der Waals surface area contributed by atoms with Crippen LogP contribution >= 0.6 is 0 Å². The Morgan fingerprint density at radius 2 is 1.83 bits per heavy atom. The number of hydrogen-bond donors (Lipinski definition) is 0. The van der Waals surface area contributed by atoms with Crippen LogP contribution in [0.3, 0.4) is 0 Å². The van der Waals surface area contributed by atoms with Crippen LogP contribution in [0.2, 0.25) is 0 Å². The topological polar surface area (TPSA) is 19.9 Å². The highest BCUT2D eigenvalue weighted by Crippen LogP contribution is 1.99. The van der Waals surface area contributed by atoms with Crippen molar-refractivity contribution in [2.75, 3.05) is 0 Å². The quantitative estimate of drug-likeness (QED) is 0.477. The van der Waals surface area contributed by atoms with E-state index in [9.17, 15) is 5.11 Å². The fourth-order valence-corrected chi connectivity index (χ4v) is 0.942. The molecule has 1 radical (unpaired) electrons. The Hall–Kier alpha value is -1.50. The fourth-order valence-electron chi connectivity index (χ4n) is 0.942. The molecule has 0 amide bonds. The molecule has 1 aromatic rings. The molecule has 1 aromatic carbocycles. The normalized spacial score (nSPS) is 11.3. The van der Waals surface area contributed by atoms with Crippen molar-refractivity contribution in [1.29, 1.82) is 0 Å². The monoisotopic (exact) mass is 159 g/mol. The molecule has 0 heterocycles. The third kappa shape index (κ3) is 3.06. The number of allylic oxidation sites excluding steroid dienone is 3. The van der Waals surface area contributed by atoms with Crippen LogP contribution in [0, 0.1) is 0 Å². The average Bonchev–Trinajstić information content (AvgIpc) is 2.14. The van der Waals surface area contributed by atoms with Crippen LogP contribution in [0.5, 0.6) is 0 Å². The molecule has 1 heteroatoms. The van der Waals surface area contributed by atoms with Gasteiger partial charge in [0, 0.05) is 0 Å². The van der Waals surface area contributed by atoms with Gasteiger partial charge in [0.05, 0.1) is 0 Å². The van der Waals surface area contributed by atoms with E-state index in [1.54, 1.807) is 6.08 Å². The third-order valence-electron chi connectivity index (χ3n) is 1.52. The van der Waals surface area contributed by atoms with E-state index in [-0.39, 0.29) is 0 Å². The fraction of sp³-hybridized carbons (Fsp3) is 0.0909. The molecule has 0 fully saturated rings. The summed E-state index contributed by atoms with van der Waals surface area (Å²) in [5, 5.41) is 9.91. The van der Waals surface area contributed by atoms with Gasteiger partial charge in [0.15, 0.2) is 0 Å². The Labute approximate surface area is 72.7 Å². The molecule has 61 valence electrons. The molecule has 0 aliphatic rings. The van der Waals surface area contributed by atoms with Crippen LogP contribution in [0.15, 0.2) is 54.8 Å². The summed E-state index contributed by atoms with van der Waals surface area (Å²) in [6.07, 6.45) is 6.87. The molecule has 0 aliphatic heterocycles. The molecule has 0 N–H and O–H groups in total. The van der Waals surface area contributed by atoms with E-state index in [0.29, 0.717) is 0 Å². The summed E-state index contributed by atoms with van der Waals surface area (Å²) >= 11 is 0. The van der Waals surface area contributed by atoms with E-state index in [2.05, 4.69) is 12.1 Å². The lowest BCUT2D eigenvalue weighted by Crippen LogP contribution is -1.77. The van der Waals surface area contributed by atoms with E-state index in [1.165, 1.54) is 11.6 Å². The first-order valence-corrected chi connectivity index (χ1v) is 3.91. The maximum Gasteiger partial charge on any atom is 0.142 e. The summed E-state index contributed by atoms with van der Waals surface area (Å²) in [5.74, 6) is 0. The maximum atomic E-state index is 9.91. The molecule has 1 rings (SSSR count). The Morgan fingerprint density at radius 1 is 1.08 bits per heavy atom. The van der Waals surface area contributed by atoms with Crippen molar-refractivity contribution in [3.8, 4) is 0 Å². The van der Waals surface area contributed by atoms with Gasteiger partial charge in [0.25, 0.3) is 0 Å². The molecule has 0 unspecified atom stereocenters. The van der Waals surface area contributed by atoms with Crippen molar-refractivity contribution < 1.29 is 5.11 Å². The molecule has 0 aromatic heterocycles. The molecular weight excluding hydrogens is 148 g/mol. The van der Waals surface area contributed by atoms with Crippen molar-refractivity contribution in [2.45, 2.75) is 6.42 Å². The standard InChI is InChI=1S/C11H11O/c12-10-6-2-5-9-11-7-3-1-4-8-11/h1-8,10H,9H2. The van der Waals surface area contributed by atoms with Gasteiger partial charge in [-0.1, -0.05) is 42.5 Å². The molecule has 0 saturated heterocycles. The van der Waals surface area contributed by atoms with Gasteiger partial charge in [-0.3, -0.25) is 5.11 Å². The number of hydrogen-bond acceptors (Lipinski definition) is 0. The van der Waals surface area contributed by atoms with Gasteiger partial charge >= 0.3 is 0 Å². The highest BCUT2D eigenvalue weighted by Gasteiger charge is 1.83. The van der Waals surface area contributed by atoms with Crippen LogP contribution in [-0.4, -0.2) is 0 Å². The van der Waals surface area contributed by atoms with Crippen molar-refractivity contribution in [2.24, 2.45) is 0 Å². The Morgan fingerprint density at radius 3 is 2.50 bits per heavy atom. The number of benzene rings is 1. The van der Waals surface area contributed by atoms with E-state index in [4.69, 9.17) is 0 Å². The second kappa shape index (κ2) is 5.19. The maximum absolute atomic E-state index is 9.91. The largest absolute Gasteiger partial charge is 0.299 e. The van der Waals surface area contributed by atoms with Gasteiger partial charge in [-0.25, -0.2) is 0 Å². The van der Waals surface area contributed by atoms with Crippen molar-refractivity contribution in [1.82, 2.24) is 0 Å². The van der Waals surface area contributed by atoms with Crippen LogP contribution < -0.4 is 0 Å². The first-order chi connectivity index (χ1) is 5.93. The van der Waals surface area contributed by atoms with Crippen molar-refractivity contribution in [3.63, 3.8) is 0 Å². The zero-order valence-corrected chi connectivity index (χ0v) is 6.81. The lowest BCUT2D eigenvalue weighted by Gasteiger charge is -1.92. The highest BCUT2D eigenvalue weighted by atomic mass is 16.2. The van der Waals surface area contributed by atoms with Crippen molar-refractivity contribution in [3.05, 3.63) is 60.4 Å². The summed E-state index contributed by atoms with van der Waals surface area (Å²) < 4.78 is 0. The number of rotatable bonds is 3. The van der Waals surface area contributed by atoms with Gasteiger partial charge < -0.3 is 0 Å². The van der Waals surface area contributed by atoms with E-state index in [1.807, 2.05) is 24.3 Å². The Bertz CT molecular complexity index is 260. The molecule has 1 nitrogen and oxygen atoms in total. The van der Waals surface area contributed by atoms with Crippen molar-refractivity contribution >= 4 is 0 Å².